The van der Waals surface area contributed by atoms with E-state index < -0.39 is 0 Å². The fraction of sp³-hybridized carbons (Fsp3) is 0. The number of para-hydroxylation sites is 1. The second-order valence-electron chi connectivity index (χ2n) is 12.2. The number of rotatable bonds is 6. The third kappa shape index (κ3) is 5.04. The van der Waals surface area contributed by atoms with Crippen molar-refractivity contribution in [2.45, 2.75) is 0 Å². The quantitative estimate of drug-likeness (QED) is 0.177. The first-order chi connectivity index (χ1) is 23.8. The van der Waals surface area contributed by atoms with E-state index in [0.717, 1.165) is 17.1 Å². The molecule has 1 heterocycles. The second-order valence-corrected chi connectivity index (χ2v) is 13.2. The molecular formula is C46H31NS. The molecule has 0 atom stereocenters. The minimum Gasteiger partial charge on any atom is -0.310 e. The minimum absolute atomic E-state index is 1.11. The highest BCUT2D eigenvalue weighted by Crippen LogP contribution is 2.43. The van der Waals surface area contributed by atoms with Gasteiger partial charge in [-0.15, -0.1) is 11.3 Å². The average Bonchev–Trinajstić information content (AvgIpc) is 3.54. The predicted molar refractivity (Wildman–Crippen MR) is 208 cm³/mol. The molecule has 0 aliphatic carbocycles. The van der Waals surface area contributed by atoms with Crippen LogP contribution in [-0.4, -0.2) is 0 Å². The molecule has 2 heteroatoms. The van der Waals surface area contributed by atoms with E-state index in [1.807, 2.05) is 11.3 Å². The number of benzene rings is 8. The van der Waals surface area contributed by atoms with Crippen molar-refractivity contribution in [3.05, 3.63) is 188 Å². The van der Waals surface area contributed by atoms with Gasteiger partial charge >= 0.3 is 0 Å². The van der Waals surface area contributed by atoms with Crippen LogP contribution >= 0.6 is 11.3 Å². The van der Waals surface area contributed by atoms with Crippen molar-refractivity contribution in [1.29, 1.82) is 0 Å². The summed E-state index contributed by atoms with van der Waals surface area (Å²) in [5, 5.41) is 5.16. The normalized spacial score (nSPS) is 11.3. The van der Waals surface area contributed by atoms with Gasteiger partial charge in [0, 0.05) is 37.1 Å². The summed E-state index contributed by atoms with van der Waals surface area (Å²) in [6, 6.07) is 68.1. The van der Waals surface area contributed by atoms with Crippen LogP contribution in [0.25, 0.3) is 64.3 Å². The van der Waals surface area contributed by atoms with Crippen molar-refractivity contribution in [2.24, 2.45) is 0 Å². The van der Waals surface area contributed by atoms with E-state index in [9.17, 15) is 0 Å². The Kier molecular flexibility index (Phi) is 7.07. The van der Waals surface area contributed by atoms with E-state index in [0.29, 0.717) is 0 Å². The fourth-order valence-corrected chi connectivity index (χ4v) is 8.10. The third-order valence-corrected chi connectivity index (χ3v) is 10.4. The maximum atomic E-state index is 2.40. The summed E-state index contributed by atoms with van der Waals surface area (Å²) in [7, 11) is 0. The number of anilines is 3. The number of hydrogen-bond donors (Lipinski definition) is 0. The van der Waals surface area contributed by atoms with Gasteiger partial charge in [-0.05, 0) is 81.1 Å². The van der Waals surface area contributed by atoms with E-state index in [1.165, 1.54) is 64.3 Å². The molecule has 0 saturated carbocycles. The van der Waals surface area contributed by atoms with Crippen LogP contribution in [0.5, 0.6) is 0 Å². The van der Waals surface area contributed by atoms with Crippen molar-refractivity contribution in [3.63, 3.8) is 0 Å². The maximum Gasteiger partial charge on any atom is 0.0540 e. The molecule has 9 rings (SSSR count). The number of thiophene rings is 1. The van der Waals surface area contributed by atoms with Gasteiger partial charge < -0.3 is 4.90 Å². The van der Waals surface area contributed by atoms with Crippen LogP contribution < -0.4 is 4.90 Å². The monoisotopic (exact) mass is 629 g/mol. The van der Waals surface area contributed by atoms with Crippen LogP contribution in [-0.2, 0) is 0 Å². The first-order valence-electron chi connectivity index (χ1n) is 16.3. The Bertz CT molecular complexity index is 2560. The molecule has 0 aliphatic heterocycles. The first kappa shape index (κ1) is 28.3. The van der Waals surface area contributed by atoms with Gasteiger partial charge in [0.25, 0.3) is 0 Å². The van der Waals surface area contributed by atoms with Gasteiger partial charge in [-0.25, -0.2) is 0 Å². The highest BCUT2D eigenvalue weighted by Gasteiger charge is 2.18. The van der Waals surface area contributed by atoms with E-state index in [-0.39, 0.29) is 0 Å². The highest BCUT2D eigenvalue weighted by atomic mass is 32.1. The van der Waals surface area contributed by atoms with Crippen molar-refractivity contribution in [1.82, 2.24) is 0 Å². The molecule has 0 N–H and O–H groups in total. The molecule has 1 nitrogen and oxygen atoms in total. The Labute approximate surface area is 284 Å². The van der Waals surface area contributed by atoms with Crippen LogP contribution in [0.15, 0.2) is 188 Å². The van der Waals surface area contributed by atoms with Gasteiger partial charge in [0.1, 0.15) is 0 Å². The molecule has 0 unspecified atom stereocenters. The first-order valence-corrected chi connectivity index (χ1v) is 17.2. The van der Waals surface area contributed by atoms with Crippen LogP contribution in [0.4, 0.5) is 17.1 Å². The molecule has 0 amide bonds. The van der Waals surface area contributed by atoms with Gasteiger partial charge in [0.05, 0.1) is 5.69 Å². The molecule has 9 aromatic rings. The predicted octanol–water partition coefficient (Wildman–Crippen LogP) is 13.7. The van der Waals surface area contributed by atoms with Gasteiger partial charge in [-0.3, -0.25) is 0 Å². The van der Waals surface area contributed by atoms with Crippen molar-refractivity contribution >= 4 is 59.3 Å². The lowest BCUT2D eigenvalue weighted by molar-refractivity contribution is 1.28. The second kappa shape index (κ2) is 12.0. The highest BCUT2D eigenvalue weighted by molar-refractivity contribution is 7.25. The molecule has 0 spiro atoms. The summed E-state index contributed by atoms with van der Waals surface area (Å²) in [6.45, 7) is 0. The summed E-state index contributed by atoms with van der Waals surface area (Å²) < 4.78 is 2.65. The van der Waals surface area contributed by atoms with Crippen LogP contribution in [0.2, 0.25) is 0 Å². The molecule has 226 valence electrons. The summed E-state index contributed by atoms with van der Waals surface area (Å²) in [4.78, 5) is 2.40. The largest absolute Gasteiger partial charge is 0.310 e. The summed E-state index contributed by atoms with van der Waals surface area (Å²) in [5.41, 5.74) is 10.6. The molecule has 0 radical (unpaired) electrons. The Morgan fingerprint density at radius 2 is 0.979 bits per heavy atom. The maximum absolute atomic E-state index is 2.40. The topological polar surface area (TPSA) is 3.24 Å². The third-order valence-electron chi connectivity index (χ3n) is 9.27. The van der Waals surface area contributed by atoms with Gasteiger partial charge in [0.15, 0.2) is 0 Å². The van der Waals surface area contributed by atoms with Crippen molar-refractivity contribution < 1.29 is 0 Å². The number of nitrogens with zero attached hydrogens (tertiary/aromatic N) is 1. The van der Waals surface area contributed by atoms with Gasteiger partial charge in [-0.1, -0.05) is 146 Å². The summed E-state index contributed by atoms with van der Waals surface area (Å²) in [5.74, 6) is 0. The van der Waals surface area contributed by atoms with E-state index >= 15 is 0 Å². The summed E-state index contributed by atoms with van der Waals surface area (Å²) >= 11 is 1.86. The Hall–Kier alpha value is -5.96. The van der Waals surface area contributed by atoms with E-state index in [2.05, 4.69) is 193 Å². The molecule has 48 heavy (non-hydrogen) atoms. The molecule has 0 saturated heterocycles. The van der Waals surface area contributed by atoms with Gasteiger partial charge in [0.2, 0.25) is 0 Å². The van der Waals surface area contributed by atoms with Crippen LogP contribution in [0, 0.1) is 0 Å². The SMILES string of the molecule is c1ccc(-c2ccccc2N(c2ccc(-c3ccc4c(c3)sc3ccccc34)cc2)c2cccc(-c3cccc4ccccc34)c2)cc1. The molecule has 0 fully saturated rings. The van der Waals surface area contributed by atoms with Crippen LogP contribution in [0.1, 0.15) is 0 Å². The lowest BCUT2D eigenvalue weighted by atomic mass is 9.97. The average molecular weight is 630 g/mol. The minimum atomic E-state index is 1.11. The molecule has 0 aliphatic rings. The lowest BCUT2D eigenvalue weighted by Gasteiger charge is -2.28. The molecule has 1 aromatic heterocycles. The summed E-state index contributed by atoms with van der Waals surface area (Å²) in [6.07, 6.45) is 0. The van der Waals surface area contributed by atoms with Crippen molar-refractivity contribution in [2.75, 3.05) is 4.90 Å². The lowest BCUT2D eigenvalue weighted by Crippen LogP contribution is -2.11. The van der Waals surface area contributed by atoms with Crippen LogP contribution in [0.3, 0.4) is 0 Å². The molecule has 0 bridgehead atoms. The number of fused-ring (bicyclic) bond motifs is 4. The zero-order valence-corrected chi connectivity index (χ0v) is 27.1. The van der Waals surface area contributed by atoms with Crippen molar-refractivity contribution in [3.8, 4) is 33.4 Å². The van der Waals surface area contributed by atoms with E-state index in [1.54, 1.807) is 0 Å². The zero-order valence-electron chi connectivity index (χ0n) is 26.3. The van der Waals surface area contributed by atoms with Gasteiger partial charge in [-0.2, -0.15) is 0 Å². The molecule has 8 aromatic carbocycles. The Morgan fingerprint density at radius 1 is 0.333 bits per heavy atom. The fourth-order valence-electron chi connectivity index (χ4n) is 6.96. The molecular weight excluding hydrogens is 599 g/mol. The number of hydrogen-bond acceptors (Lipinski definition) is 2. The smallest absolute Gasteiger partial charge is 0.0540 e. The van der Waals surface area contributed by atoms with E-state index in [4.69, 9.17) is 0 Å². The Balaban J connectivity index is 1.18. The standard InChI is InChI=1S/C46H31NS/c1-2-12-34(13-3-1)41-19-6-8-22-44(41)47(38-17-10-16-36(30-38)40-21-11-15-33-14-4-5-18-39(33)40)37-27-24-32(25-28-37)35-26-29-43-42-20-7-9-23-45(42)48-46(43)31-35/h1-31H. The Morgan fingerprint density at radius 3 is 1.88 bits per heavy atom. The zero-order chi connectivity index (χ0) is 31.9.